The summed E-state index contributed by atoms with van der Waals surface area (Å²) >= 11 is 0.834. The van der Waals surface area contributed by atoms with Crippen molar-refractivity contribution in [3.63, 3.8) is 0 Å². The van der Waals surface area contributed by atoms with Gasteiger partial charge in [0.2, 0.25) is 0 Å². The van der Waals surface area contributed by atoms with Crippen molar-refractivity contribution in [2.24, 2.45) is 0 Å². The predicted octanol–water partition coefficient (Wildman–Crippen LogP) is 1.22. The molecule has 0 saturated carbocycles. The lowest BCUT2D eigenvalue weighted by Gasteiger charge is -2.17. The fourth-order valence-electron chi connectivity index (χ4n) is 2.19. The summed E-state index contributed by atoms with van der Waals surface area (Å²) < 4.78 is 31.0. The minimum atomic E-state index is -3.82. The second kappa shape index (κ2) is 6.91. The van der Waals surface area contributed by atoms with Crippen molar-refractivity contribution in [2.75, 3.05) is 25.0 Å². The van der Waals surface area contributed by atoms with Gasteiger partial charge >= 0.3 is 0 Å². The molecular weight excluding hydrogens is 356 g/mol. The maximum absolute atomic E-state index is 12.5. The van der Waals surface area contributed by atoms with Gasteiger partial charge < -0.3 is 15.2 Å². The molecule has 24 heavy (non-hydrogen) atoms. The second-order valence-electron chi connectivity index (χ2n) is 4.80. The number of thiophene rings is 1. The van der Waals surface area contributed by atoms with Crippen LogP contribution in [0.5, 0.6) is 11.5 Å². The van der Waals surface area contributed by atoms with E-state index in [9.17, 15) is 23.1 Å². The summed E-state index contributed by atoms with van der Waals surface area (Å²) in [5, 5.41) is 14.2. The Morgan fingerprint density at radius 1 is 1.21 bits per heavy atom. The van der Waals surface area contributed by atoms with Crippen LogP contribution in [0.25, 0.3) is 0 Å². The molecule has 8 nitrogen and oxygen atoms in total. The Kier molecular flexibility index (Phi) is 5.31. The van der Waals surface area contributed by atoms with Crippen LogP contribution in [0.2, 0.25) is 0 Å². The molecule has 0 aliphatic rings. The molecule has 0 unspecified atom stereocenters. The van der Waals surface area contributed by atoms with Crippen molar-refractivity contribution in [2.45, 2.75) is 25.0 Å². The number of rotatable bonds is 8. The van der Waals surface area contributed by atoms with Gasteiger partial charge in [0.25, 0.3) is 20.9 Å². The SMILES string of the molecule is CCOc1c(Nc2csc(S(=O)(=O)N(CC)CC)c2O)c(=O)c1=O. The Balaban J connectivity index is 2.37. The van der Waals surface area contributed by atoms with Crippen LogP contribution in [0.15, 0.2) is 19.2 Å². The summed E-state index contributed by atoms with van der Waals surface area (Å²) in [6.07, 6.45) is 0. The van der Waals surface area contributed by atoms with Crippen LogP contribution >= 0.6 is 11.3 Å². The summed E-state index contributed by atoms with van der Waals surface area (Å²) in [7, 11) is -3.82. The lowest BCUT2D eigenvalue weighted by molar-refractivity contribution is 0.335. The van der Waals surface area contributed by atoms with Crippen LogP contribution in [0.4, 0.5) is 11.4 Å². The quantitative estimate of drug-likeness (QED) is 0.668. The largest absolute Gasteiger partial charge is 0.504 e. The van der Waals surface area contributed by atoms with E-state index in [-0.39, 0.29) is 41.0 Å². The maximum Gasteiger partial charge on any atom is 0.272 e. The smallest absolute Gasteiger partial charge is 0.272 e. The van der Waals surface area contributed by atoms with Gasteiger partial charge in [0.15, 0.2) is 15.7 Å². The van der Waals surface area contributed by atoms with Crippen LogP contribution in [-0.2, 0) is 10.0 Å². The number of anilines is 2. The first-order valence-electron chi connectivity index (χ1n) is 7.33. The minimum Gasteiger partial charge on any atom is -0.504 e. The van der Waals surface area contributed by atoms with Crippen molar-refractivity contribution < 1.29 is 18.3 Å². The standard InChI is InChI=1S/C14H18N2O6S2/c1-4-16(5-2)24(20,21)14-10(17)8(7-23-14)15-9-11(18)12(19)13(9)22-6-3/h7,15,17H,4-6H2,1-3H3. The molecule has 0 radical (unpaired) electrons. The van der Waals surface area contributed by atoms with Gasteiger partial charge in [-0.25, -0.2) is 8.42 Å². The molecule has 1 aromatic carbocycles. The number of nitrogens with zero attached hydrogens (tertiary/aromatic N) is 1. The van der Waals surface area contributed by atoms with Crippen LogP contribution in [-0.4, -0.2) is 37.5 Å². The number of ether oxygens (including phenoxy) is 1. The average molecular weight is 374 g/mol. The van der Waals surface area contributed by atoms with E-state index >= 15 is 0 Å². The number of hydrogen-bond donors (Lipinski definition) is 2. The molecule has 0 atom stereocenters. The molecule has 2 N–H and O–H groups in total. The van der Waals surface area contributed by atoms with Gasteiger partial charge in [-0.1, -0.05) is 13.8 Å². The summed E-state index contributed by atoms with van der Waals surface area (Å²) in [5.74, 6) is -0.594. The molecule has 2 rings (SSSR count). The first-order valence-corrected chi connectivity index (χ1v) is 9.65. The Morgan fingerprint density at radius 2 is 1.83 bits per heavy atom. The molecule has 1 heterocycles. The maximum atomic E-state index is 12.5. The zero-order chi connectivity index (χ0) is 18.1. The molecular formula is C14H18N2O6S2. The topological polar surface area (TPSA) is 113 Å². The van der Waals surface area contributed by atoms with Gasteiger partial charge in [-0.3, -0.25) is 9.59 Å². The second-order valence-corrected chi connectivity index (χ2v) is 7.81. The molecule has 0 fully saturated rings. The van der Waals surface area contributed by atoms with E-state index in [1.807, 2.05) is 0 Å². The van der Waals surface area contributed by atoms with Crippen molar-refractivity contribution in [1.82, 2.24) is 4.31 Å². The zero-order valence-electron chi connectivity index (χ0n) is 13.5. The van der Waals surface area contributed by atoms with Gasteiger partial charge in [-0.05, 0) is 6.92 Å². The molecule has 132 valence electrons. The van der Waals surface area contributed by atoms with Crippen LogP contribution < -0.4 is 20.9 Å². The molecule has 0 bridgehead atoms. The zero-order valence-corrected chi connectivity index (χ0v) is 15.1. The van der Waals surface area contributed by atoms with E-state index in [1.54, 1.807) is 20.8 Å². The molecule has 1 aromatic heterocycles. The van der Waals surface area contributed by atoms with E-state index in [2.05, 4.69) is 5.32 Å². The third-order valence-electron chi connectivity index (χ3n) is 3.43. The molecule has 0 spiro atoms. The predicted molar refractivity (Wildman–Crippen MR) is 91.9 cm³/mol. The fraction of sp³-hybridized carbons (Fsp3) is 0.429. The van der Waals surface area contributed by atoms with E-state index in [0.29, 0.717) is 0 Å². The monoisotopic (exact) mass is 374 g/mol. The van der Waals surface area contributed by atoms with E-state index in [1.165, 1.54) is 9.69 Å². The van der Waals surface area contributed by atoms with Crippen molar-refractivity contribution in [3.8, 4) is 11.5 Å². The van der Waals surface area contributed by atoms with E-state index < -0.39 is 26.6 Å². The summed E-state index contributed by atoms with van der Waals surface area (Å²) in [6.45, 7) is 5.80. The highest BCUT2D eigenvalue weighted by Crippen LogP contribution is 2.41. The Bertz CT molecular complexity index is 904. The van der Waals surface area contributed by atoms with Crippen LogP contribution in [0, 0.1) is 0 Å². The highest BCUT2D eigenvalue weighted by molar-refractivity contribution is 7.91. The van der Waals surface area contributed by atoms with Crippen LogP contribution in [0.3, 0.4) is 0 Å². The normalized spacial score (nSPS) is 12.0. The summed E-state index contributed by atoms with van der Waals surface area (Å²) in [5.41, 5.74) is -1.55. The third kappa shape index (κ3) is 2.92. The molecule has 10 heteroatoms. The Hall–Kier alpha value is -1.91. The average Bonchev–Trinajstić information content (AvgIpc) is 2.92. The van der Waals surface area contributed by atoms with Crippen molar-refractivity contribution in [1.29, 1.82) is 0 Å². The minimum absolute atomic E-state index is 0.0405. The molecule has 2 aromatic rings. The summed E-state index contributed by atoms with van der Waals surface area (Å²) in [4.78, 5) is 23.0. The highest BCUT2D eigenvalue weighted by atomic mass is 32.2. The molecule has 0 aliphatic carbocycles. The van der Waals surface area contributed by atoms with Gasteiger partial charge in [0.05, 0.1) is 12.3 Å². The third-order valence-corrected chi connectivity index (χ3v) is 6.97. The number of sulfonamides is 1. The Labute approximate surface area is 143 Å². The molecule has 0 aliphatic heterocycles. The van der Waals surface area contributed by atoms with Gasteiger partial charge in [-0.15, -0.1) is 11.3 Å². The summed E-state index contributed by atoms with van der Waals surface area (Å²) in [6, 6.07) is 0. The van der Waals surface area contributed by atoms with E-state index in [0.717, 1.165) is 11.3 Å². The lowest BCUT2D eigenvalue weighted by atomic mass is 10.2. The lowest BCUT2D eigenvalue weighted by Crippen LogP contribution is -2.35. The highest BCUT2D eigenvalue weighted by Gasteiger charge is 2.30. The van der Waals surface area contributed by atoms with Crippen molar-refractivity contribution in [3.05, 3.63) is 25.8 Å². The van der Waals surface area contributed by atoms with Crippen LogP contribution in [0.1, 0.15) is 20.8 Å². The van der Waals surface area contributed by atoms with Gasteiger partial charge in [-0.2, -0.15) is 4.31 Å². The number of hydrogen-bond acceptors (Lipinski definition) is 8. The molecule has 0 amide bonds. The fourth-order valence-corrected chi connectivity index (χ4v) is 5.02. The first-order chi connectivity index (χ1) is 11.3. The number of nitrogens with one attached hydrogen (secondary N) is 1. The van der Waals surface area contributed by atoms with Gasteiger partial charge in [0, 0.05) is 18.5 Å². The van der Waals surface area contributed by atoms with E-state index in [4.69, 9.17) is 4.74 Å². The Morgan fingerprint density at radius 3 is 2.38 bits per heavy atom. The van der Waals surface area contributed by atoms with Gasteiger partial charge in [0.1, 0.15) is 5.69 Å². The van der Waals surface area contributed by atoms with Crippen molar-refractivity contribution >= 4 is 32.7 Å². The first kappa shape index (κ1) is 18.4. The molecule has 0 saturated heterocycles. The number of aromatic hydroxyl groups is 1.